The van der Waals surface area contributed by atoms with E-state index < -0.39 is 30.7 Å². The maximum absolute atomic E-state index is 6.73. The lowest BCUT2D eigenvalue weighted by atomic mass is 9.97. The monoisotopic (exact) mass is 686 g/mol. The molecule has 0 aliphatic carbocycles. The van der Waals surface area contributed by atoms with Crippen LogP contribution in [0.3, 0.4) is 0 Å². The fraction of sp³-hybridized carbons (Fsp3) is 0.263. The highest BCUT2D eigenvalue weighted by Crippen LogP contribution is 2.32. The second kappa shape index (κ2) is 17.5. The zero-order chi connectivity index (χ0) is 33.0. The van der Waals surface area contributed by atoms with Crippen molar-refractivity contribution in [3.05, 3.63) is 160 Å². The molecule has 10 heteroatoms. The van der Waals surface area contributed by atoms with E-state index in [1.165, 1.54) is 6.07 Å². The summed E-state index contributed by atoms with van der Waals surface area (Å²) in [7, 11) is 0. The Labute approximate surface area is 290 Å². The van der Waals surface area contributed by atoms with Crippen LogP contribution in [-0.2, 0) is 50.1 Å². The number of ether oxygens (including phenoxy) is 6. The SMILES string of the molecule is Clc1cc(O[C@@H]2O[C@H](COCc3ccccc3)[C@@H](OCc3ccccc3)[C@H](OCc3ccccc3)[C@H]2OCc2ccccc2)nc(Cl)n1. The Hall–Kier alpha value is -3.86. The van der Waals surface area contributed by atoms with Crippen LogP contribution in [-0.4, -0.2) is 47.3 Å². The zero-order valence-electron chi connectivity index (χ0n) is 26.1. The van der Waals surface area contributed by atoms with E-state index in [0.717, 1.165) is 22.3 Å². The first-order valence-corrected chi connectivity index (χ1v) is 16.5. The summed E-state index contributed by atoms with van der Waals surface area (Å²) in [5, 5.41) is 0.0741. The average Bonchev–Trinajstić information content (AvgIpc) is 3.11. The fourth-order valence-electron chi connectivity index (χ4n) is 5.39. The van der Waals surface area contributed by atoms with Gasteiger partial charge in [-0.1, -0.05) is 133 Å². The second-order valence-electron chi connectivity index (χ2n) is 11.2. The highest BCUT2D eigenvalue weighted by atomic mass is 35.5. The smallest absolute Gasteiger partial charge is 0.231 e. The Bertz CT molecular complexity index is 1650. The zero-order valence-corrected chi connectivity index (χ0v) is 27.7. The van der Waals surface area contributed by atoms with Gasteiger partial charge in [0.2, 0.25) is 17.5 Å². The van der Waals surface area contributed by atoms with Gasteiger partial charge in [-0.2, -0.15) is 4.98 Å². The summed E-state index contributed by atoms with van der Waals surface area (Å²) in [6.07, 6.45) is -3.66. The lowest BCUT2D eigenvalue weighted by Crippen LogP contribution is -2.62. The summed E-state index contributed by atoms with van der Waals surface area (Å²) in [6.45, 7) is 1.47. The summed E-state index contributed by atoms with van der Waals surface area (Å²) in [4.78, 5) is 8.18. The number of aromatic nitrogens is 2. The Balaban J connectivity index is 1.33. The van der Waals surface area contributed by atoms with Crippen LogP contribution in [0, 0.1) is 0 Å². The molecule has 248 valence electrons. The van der Waals surface area contributed by atoms with Crippen molar-refractivity contribution in [2.75, 3.05) is 6.61 Å². The van der Waals surface area contributed by atoms with Crippen LogP contribution in [0.25, 0.3) is 0 Å². The molecule has 0 N–H and O–H groups in total. The van der Waals surface area contributed by atoms with Gasteiger partial charge in [0.25, 0.3) is 0 Å². The first-order valence-electron chi connectivity index (χ1n) is 15.7. The molecule has 0 spiro atoms. The number of benzene rings is 4. The molecular weight excluding hydrogens is 651 g/mol. The molecular formula is C38H36Cl2N2O6. The second-order valence-corrected chi connectivity index (χ2v) is 12.0. The van der Waals surface area contributed by atoms with Crippen molar-refractivity contribution in [1.82, 2.24) is 9.97 Å². The Morgan fingerprint density at radius 2 is 1.00 bits per heavy atom. The van der Waals surface area contributed by atoms with Gasteiger partial charge in [0, 0.05) is 6.07 Å². The molecule has 1 saturated heterocycles. The van der Waals surface area contributed by atoms with E-state index in [4.69, 9.17) is 51.6 Å². The largest absolute Gasteiger partial charge is 0.445 e. The topological polar surface area (TPSA) is 81.2 Å². The van der Waals surface area contributed by atoms with Gasteiger partial charge in [-0.25, -0.2) is 4.98 Å². The van der Waals surface area contributed by atoms with Crippen molar-refractivity contribution in [3.8, 4) is 5.88 Å². The summed E-state index contributed by atoms with van der Waals surface area (Å²) in [5.41, 5.74) is 4.01. The van der Waals surface area contributed by atoms with Gasteiger partial charge in [0.15, 0.2) is 0 Å². The van der Waals surface area contributed by atoms with E-state index >= 15 is 0 Å². The summed E-state index contributed by atoms with van der Waals surface area (Å²) in [5.74, 6) is 0.132. The van der Waals surface area contributed by atoms with E-state index in [9.17, 15) is 0 Å². The quantitative estimate of drug-likeness (QED) is 0.0814. The molecule has 0 bridgehead atoms. The van der Waals surface area contributed by atoms with Crippen LogP contribution >= 0.6 is 23.2 Å². The maximum atomic E-state index is 6.73. The van der Waals surface area contributed by atoms with E-state index in [1.54, 1.807) is 0 Å². The third-order valence-electron chi connectivity index (χ3n) is 7.72. The molecule has 1 aliphatic rings. The van der Waals surface area contributed by atoms with Crippen LogP contribution in [0.4, 0.5) is 0 Å². The molecule has 8 nitrogen and oxygen atoms in total. The minimum Gasteiger partial charge on any atom is -0.445 e. The van der Waals surface area contributed by atoms with E-state index in [-0.39, 0.29) is 29.5 Å². The molecule has 1 fully saturated rings. The predicted octanol–water partition coefficient (Wildman–Crippen LogP) is 7.86. The fourth-order valence-corrected chi connectivity index (χ4v) is 5.78. The van der Waals surface area contributed by atoms with E-state index in [0.29, 0.717) is 19.8 Å². The highest BCUT2D eigenvalue weighted by molar-refractivity contribution is 6.31. The van der Waals surface area contributed by atoms with Crippen molar-refractivity contribution in [1.29, 1.82) is 0 Å². The minimum atomic E-state index is -1.00. The van der Waals surface area contributed by atoms with Gasteiger partial charge in [-0.15, -0.1) is 0 Å². The normalized spacial score (nSPS) is 20.8. The maximum Gasteiger partial charge on any atom is 0.231 e. The van der Waals surface area contributed by atoms with E-state index in [1.807, 2.05) is 121 Å². The summed E-state index contributed by atoms with van der Waals surface area (Å²) in [6, 6.07) is 41.2. The van der Waals surface area contributed by atoms with Crippen molar-refractivity contribution in [3.63, 3.8) is 0 Å². The molecule has 6 rings (SSSR count). The molecule has 0 saturated carbocycles. The molecule has 48 heavy (non-hydrogen) atoms. The van der Waals surface area contributed by atoms with Crippen LogP contribution in [0.15, 0.2) is 127 Å². The van der Waals surface area contributed by atoms with E-state index in [2.05, 4.69) is 9.97 Å². The molecule has 5 aromatic rings. The van der Waals surface area contributed by atoms with Crippen LogP contribution in [0.2, 0.25) is 10.4 Å². The molecule has 1 aromatic heterocycles. The van der Waals surface area contributed by atoms with Crippen LogP contribution < -0.4 is 4.74 Å². The standard InChI is InChI=1S/C38H36Cl2N2O6/c39-32-21-33(42-38(40)41-32)48-37-36(46-25-30-19-11-4-12-20-30)35(45-24-29-17-9-3-10-18-29)34(44-23-28-15-7-2-8-16-28)31(47-37)26-43-22-27-13-5-1-6-14-27/h1-21,31,34-37H,22-26H2/t31-,34-,35+,36-,37+/m1/s1. The third kappa shape index (κ3) is 9.84. The first-order chi connectivity index (χ1) is 23.6. The van der Waals surface area contributed by atoms with Gasteiger partial charge in [0.05, 0.1) is 33.0 Å². The molecule has 1 aliphatic heterocycles. The van der Waals surface area contributed by atoms with Crippen molar-refractivity contribution >= 4 is 23.2 Å². The van der Waals surface area contributed by atoms with Gasteiger partial charge in [0.1, 0.15) is 29.6 Å². The lowest BCUT2D eigenvalue weighted by molar-refractivity contribution is -0.310. The van der Waals surface area contributed by atoms with Gasteiger partial charge in [-0.3, -0.25) is 0 Å². The first kappa shape index (κ1) is 34.0. The predicted molar refractivity (Wildman–Crippen MR) is 182 cm³/mol. The molecule has 0 unspecified atom stereocenters. The highest BCUT2D eigenvalue weighted by Gasteiger charge is 2.50. The van der Waals surface area contributed by atoms with Gasteiger partial charge < -0.3 is 28.4 Å². The minimum absolute atomic E-state index is 0.0567. The molecule has 0 radical (unpaired) electrons. The summed E-state index contributed by atoms with van der Waals surface area (Å²) >= 11 is 12.4. The van der Waals surface area contributed by atoms with Gasteiger partial charge in [-0.05, 0) is 33.9 Å². The third-order valence-corrected chi connectivity index (χ3v) is 8.08. The number of nitrogens with zero attached hydrogens (tertiary/aromatic N) is 2. The number of halogens is 2. The molecule has 2 heterocycles. The Morgan fingerprint density at radius 3 is 1.50 bits per heavy atom. The van der Waals surface area contributed by atoms with Crippen molar-refractivity contribution in [2.45, 2.75) is 57.1 Å². The van der Waals surface area contributed by atoms with Gasteiger partial charge >= 0.3 is 0 Å². The molecule has 5 atom stereocenters. The van der Waals surface area contributed by atoms with Crippen LogP contribution in [0.1, 0.15) is 22.3 Å². The Kier molecular flexibility index (Phi) is 12.4. The summed E-state index contributed by atoms with van der Waals surface area (Å²) < 4.78 is 39.3. The lowest BCUT2D eigenvalue weighted by Gasteiger charge is -2.45. The average molecular weight is 688 g/mol. The molecule has 0 amide bonds. The number of hydrogen-bond acceptors (Lipinski definition) is 8. The molecule has 4 aromatic carbocycles. The number of hydrogen-bond donors (Lipinski definition) is 0. The van der Waals surface area contributed by atoms with Crippen molar-refractivity contribution in [2.24, 2.45) is 0 Å². The Morgan fingerprint density at radius 1 is 0.542 bits per heavy atom. The number of rotatable bonds is 15. The van der Waals surface area contributed by atoms with Crippen LogP contribution in [0.5, 0.6) is 5.88 Å². The van der Waals surface area contributed by atoms with Crippen molar-refractivity contribution < 1.29 is 28.4 Å².